The molecule has 0 bridgehead atoms. The summed E-state index contributed by atoms with van der Waals surface area (Å²) >= 11 is 4.53. The molecule has 1 aliphatic rings. The van der Waals surface area contributed by atoms with Gasteiger partial charge in [0.05, 0.1) is 12.1 Å². The average Bonchev–Trinajstić information content (AvgIpc) is 2.68. The molecule has 1 N–H and O–H groups in total. The van der Waals surface area contributed by atoms with E-state index in [1.165, 1.54) is 0 Å². The number of carbonyl (C=O) groups is 1. The number of rotatable bonds is 4. The molecule has 0 saturated heterocycles. The number of carbonyl (C=O) groups excluding carboxylic acids is 1. The Morgan fingerprint density at radius 1 is 1.23 bits per heavy atom. The highest BCUT2D eigenvalue weighted by atomic mass is 32.1. The molecule has 1 unspecified atom stereocenters. The van der Waals surface area contributed by atoms with Crippen molar-refractivity contribution < 1.29 is 9.53 Å². The predicted octanol–water partition coefficient (Wildman–Crippen LogP) is 3.56. The van der Waals surface area contributed by atoms with Gasteiger partial charge in [-0.2, -0.15) is 5.26 Å². The zero-order valence-electron chi connectivity index (χ0n) is 14.6. The van der Waals surface area contributed by atoms with Crippen LogP contribution in [0.3, 0.4) is 0 Å². The summed E-state index contributed by atoms with van der Waals surface area (Å²) in [6.45, 7) is 2.07. The number of nitriles is 1. The second-order valence-corrected chi connectivity index (χ2v) is 6.24. The van der Waals surface area contributed by atoms with Gasteiger partial charge in [0.1, 0.15) is 23.6 Å². The van der Waals surface area contributed by atoms with Crippen LogP contribution >= 0.6 is 12.6 Å². The van der Waals surface area contributed by atoms with Crippen molar-refractivity contribution in [3.8, 4) is 11.8 Å². The number of ether oxygens (including phenoxy) is 1. The second kappa shape index (κ2) is 7.54. The normalized spacial score (nSPS) is 16.9. The van der Waals surface area contributed by atoms with E-state index in [0.717, 1.165) is 29.0 Å². The van der Waals surface area contributed by atoms with Crippen LogP contribution in [0.1, 0.15) is 24.2 Å². The van der Waals surface area contributed by atoms with Crippen molar-refractivity contribution in [2.45, 2.75) is 19.5 Å². The third-order valence-electron chi connectivity index (χ3n) is 4.38. The molecule has 0 aliphatic carbocycles. The maximum absolute atomic E-state index is 12.4. The number of nitrogens with one attached hydrogen (secondary N) is 1. The number of hydrogen-bond acceptors (Lipinski definition) is 5. The highest BCUT2D eigenvalue weighted by Crippen LogP contribution is 2.37. The van der Waals surface area contributed by atoms with Gasteiger partial charge in [0.2, 0.25) is 0 Å². The van der Waals surface area contributed by atoms with Crippen molar-refractivity contribution in [1.82, 2.24) is 5.32 Å². The van der Waals surface area contributed by atoms with E-state index >= 15 is 0 Å². The third kappa shape index (κ3) is 3.14. The summed E-state index contributed by atoms with van der Waals surface area (Å²) in [4.78, 5) is 14.3. The summed E-state index contributed by atoms with van der Waals surface area (Å²) in [5, 5.41) is 12.7. The number of nitrogens with zero attached hydrogens (tertiary/aromatic N) is 2. The van der Waals surface area contributed by atoms with Crippen molar-refractivity contribution in [3.05, 3.63) is 70.3 Å². The van der Waals surface area contributed by atoms with Crippen LogP contribution in [0.4, 0.5) is 5.69 Å². The smallest absolute Gasteiger partial charge is 0.266 e. The van der Waals surface area contributed by atoms with Crippen molar-refractivity contribution in [1.29, 1.82) is 5.26 Å². The molecule has 0 fully saturated rings. The Bertz CT molecular complexity index is 900. The quantitative estimate of drug-likeness (QED) is 0.813. The highest BCUT2D eigenvalue weighted by molar-refractivity contribution is 7.84. The Labute approximate surface area is 158 Å². The highest BCUT2D eigenvalue weighted by Gasteiger charge is 2.34. The number of hydrogen-bond donors (Lipinski definition) is 2. The topological polar surface area (TPSA) is 65.4 Å². The van der Waals surface area contributed by atoms with E-state index in [4.69, 9.17) is 4.74 Å². The first-order valence-electron chi connectivity index (χ1n) is 8.26. The average molecular weight is 365 g/mol. The summed E-state index contributed by atoms with van der Waals surface area (Å²) in [5.74, 6) is 0.305. The molecule has 2 aromatic rings. The number of thiol groups is 1. The molecular weight excluding hydrogens is 346 g/mol. The summed E-state index contributed by atoms with van der Waals surface area (Å²) in [6, 6.07) is 17.3. The van der Waals surface area contributed by atoms with Gasteiger partial charge in [0, 0.05) is 5.69 Å². The van der Waals surface area contributed by atoms with Gasteiger partial charge in [0.25, 0.3) is 5.91 Å². The SMILES string of the molecule is CCc1ccccc1N1C(S)=C(C#N)C(=O)NC1c1ccc(OC)cc1. The molecule has 1 amide bonds. The lowest BCUT2D eigenvalue weighted by atomic mass is 10.0. The molecule has 0 saturated carbocycles. The number of anilines is 1. The first-order valence-corrected chi connectivity index (χ1v) is 8.70. The van der Waals surface area contributed by atoms with Gasteiger partial charge in [-0.25, -0.2) is 0 Å². The fraction of sp³-hybridized carbons (Fsp3) is 0.200. The Morgan fingerprint density at radius 3 is 2.54 bits per heavy atom. The molecule has 1 heterocycles. The molecule has 0 aromatic heterocycles. The Kier molecular flexibility index (Phi) is 5.19. The number of para-hydroxylation sites is 1. The third-order valence-corrected chi connectivity index (χ3v) is 4.82. The van der Waals surface area contributed by atoms with Gasteiger partial charge in [-0.05, 0) is 35.7 Å². The number of aryl methyl sites for hydroxylation is 1. The lowest BCUT2D eigenvalue weighted by Gasteiger charge is -2.39. The van der Waals surface area contributed by atoms with Crippen molar-refractivity contribution >= 4 is 24.2 Å². The van der Waals surface area contributed by atoms with Crippen LogP contribution in [-0.2, 0) is 11.2 Å². The van der Waals surface area contributed by atoms with Crippen LogP contribution < -0.4 is 15.0 Å². The molecular formula is C20H19N3O2S. The molecule has 5 nitrogen and oxygen atoms in total. The standard InChI is InChI=1S/C20H19N3O2S/c1-3-13-6-4-5-7-17(13)23-18(14-8-10-15(25-2)11-9-14)22-19(24)16(12-21)20(23)26/h4-11,18,26H,3H2,1-2H3,(H,22,24). The van der Waals surface area contributed by atoms with Gasteiger partial charge < -0.3 is 15.0 Å². The zero-order chi connectivity index (χ0) is 18.7. The van der Waals surface area contributed by atoms with E-state index in [1.807, 2.05) is 59.5 Å². The van der Waals surface area contributed by atoms with E-state index in [0.29, 0.717) is 5.03 Å². The molecule has 0 radical (unpaired) electrons. The Hall–Kier alpha value is -2.91. The minimum atomic E-state index is -0.467. The van der Waals surface area contributed by atoms with Crippen LogP contribution in [0, 0.1) is 11.3 Å². The van der Waals surface area contributed by atoms with Gasteiger partial charge in [-0.15, -0.1) is 12.6 Å². The lowest BCUT2D eigenvalue weighted by Crippen LogP contribution is -2.46. The maximum atomic E-state index is 12.4. The summed E-state index contributed by atoms with van der Waals surface area (Å²) < 4.78 is 5.21. The van der Waals surface area contributed by atoms with Crippen LogP contribution in [0.2, 0.25) is 0 Å². The molecule has 6 heteroatoms. The minimum absolute atomic E-state index is 0.00370. The summed E-state index contributed by atoms with van der Waals surface area (Å²) in [6.07, 6.45) is 0.351. The first-order chi connectivity index (χ1) is 12.6. The monoisotopic (exact) mass is 365 g/mol. The number of benzene rings is 2. The van der Waals surface area contributed by atoms with Gasteiger partial charge in [0.15, 0.2) is 0 Å². The first kappa shape index (κ1) is 17.9. The molecule has 26 heavy (non-hydrogen) atoms. The van der Waals surface area contributed by atoms with E-state index in [1.54, 1.807) is 7.11 Å². The Balaban J connectivity index is 2.16. The number of methoxy groups -OCH3 is 1. The van der Waals surface area contributed by atoms with Crippen LogP contribution in [0.25, 0.3) is 0 Å². The fourth-order valence-corrected chi connectivity index (χ4v) is 3.40. The minimum Gasteiger partial charge on any atom is -0.497 e. The van der Waals surface area contributed by atoms with E-state index < -0.39 is 12.1 Å². The van der Waals surface area contributed by atoms with Crippen LogP contribution in [0.15, 0.2) is 59.1 Å². The molecule has 1 atom stereocenters. The van der Waals surface area contributed by atoms with E-state index in [9.17, 15) is 10.1 Å². The van der Waals surface area contributed by atoms with Crippen molar-refractivity contribution in [2.75, 3.05) is 12.0 Å². The second-order valence-electron chi connectivity index (χ2n) is 5.81. The maximum Gasteiger partial charge on any atom is 0.266 e. The van der Waals surface area contributed by atoms with Gasteiger partial charge in [-0.1, -0.05) is 37.3 Å². The van der Waals surface area contributed by atoms with Crippen molar-refractivity contribution in [3.63, 3.8) is 0 Å². The summed E-state index contributed by atoms with van der Waals surface area (Å²) in [7, 11) is 1.61. The molecule has 0 spiro atoms. The van der Waals surface area contributed by atoms with E-state index in [2.05, 4.69) is 24.9 Å². The van der Waals surface area contributed by atoms with Crippen LogP contribution in [0.5, 0.6) is 5.75 Å². The number of amides is 1. The summed E-state index contributed by atoms with van der Waals surface area (Å²) in [5.41, 5.74) is 2.89. The molecule has 2 aromatic carbocycles. The fourth-order valence-electron chi connectivity index (χ4n) is 3.02. The zero-order valence-corrected chi connectivity index (χ0v) is 15.5. The van der Waals surface area contributed by atoms with Gasteiger partial charge in [-0.3, -0.25) is 4.79 Å². The predicted molar refractivity (Wildman–Crippen MR) is 104 cm³/mol. The lowest BCUT2D eigenvalue weighted by molar-refractivity contribution is -0.118. The molecule has 132 valence electrons. The molecule has 3 rings (SSSR count). The van der Waals surface area contributed by atoms with Crippen molar-refractivity contribution in [2.24, 2.45) is 0 Å². The largest absolute Gasteiger partial charge is 0.497 e. The van der Waals surface area contributed by atoms with Gasteiger partial charge >= 0.3 is 0 Å². The molecule has 1 aliphatic heterocycles. The van der Waals surface area contributed by atoms with E-state index in [-0.39, 0.29) is 5.57 Å². The van der Waals surface area contributed by atoms with Crippen LogP contribution in [-0.4, -0.2) is 13.0 Å². The Morgan fingerprint density at radius 2 is 1.92 bits per heavy atom.